The summed E-state index contributed by atoms with van der Waals surface area (Å²) in [5.41, 5.74) is 0. The van der Waals surface area contributed by atoms with Crippen LogP contribution in [0.15, 0.2) is 0 Å². The van der Waals surface area contributed by atoms with Gasteiger partial charge in [-0.3, -0.25) is 4.79 Å². The molecule has 1 saturated heterocycles. The molecule has 0 spiro atoms. The normalized spacial score (nSPS) is 28.9. The lowest BCUT2D eigenvalue weighted by Crippen LogP contribution is -2.38. The predicted molar refractivity (Wildman–Crippen MR) is 48.0 cm³/mol. The highest BCUT2D eigenvalue weighted by Gasteiger charge is 2.34. The first-order valence-electron chi connectivity index (χ1n) is 4.96. The number of carbonyl (C=O) groups is 1. The van der Waals surface area contributed by atoms with E-state index in [-0.39, 0.29) is 0 Å². The van der Waals surface area contributed by atoms with E-state index in [4.69, 9.17) is 0 Å². The minimum absolute atomic E-state index is 0.485. The van der Waals surface area contributed by atoms with Crippen LogP contribution in [0.2, 0.25) is 0 Å². The van der Waals surface area contributed by atoms with Crippen LogP contribution in [0.5, 0.6) is 0 Å². The van der Waals surface area contributed by atoms with Gasteiger partial charge in [-0.1, -0.05) is 0 Å². The van der Waals surface area contributed by atoms with E-state index in [1.807, 2.05) is 0 Å². The summed E-state index contributed by atoms with van der Waals surface area (Å²) >= 11 is 0. The Balaban J connectivity index is 1.79. The van der Waals surface area contributed by atoms with Crippen LogP contribution >= 0.6 is 0 Å². The monoisotopic (exact) mass is 167 g/mol. The average molecular weight is 167 g/mol. The van der Waals surface area contributed by atoms with Crippen LogP contribution < -0.4 is 0 Å². The standard InChI is InChI=1S/C10H17NO/c1-11-4-2-8(3-5-11)9-6-10(12)7-9/h8-9H,2-7H2,1H3. The van der Waals surface area contributed by atoms with Gasteiger partial charge in [0.2, 0.25) is 0 Å². The Labute approximate surface area is 73.9 Å². The molecule has 0 amide bonds. The SMILES string of the molecule is CN1CCC(C2CC(=O)C2)CC1. The summed E-state index contributed by atoms with van der Waals surface area (Å²) in [7, 11) is 2.18. The predicted octanol–water partition coefficient (Wildman–Crippen LogP) is 1.31. The number of ketones is 1. The van der Waals surface area contributed by atoms with Gasteiger partial charge in [-0.15, -0.1) is 0 Å². The van der Waals surface area contributed by atoms with E-state index in [2.05, 4.69) is 11.9 Å². The molecule has 68 valence electrons. The third-order valence-electron chi connectivity index (χ3n) is 3.41. The Morgan fingerprint density at radius 3 is 2.25 bits per heavy atom. The lowest BCUT2D eigenvalue weighted by molar-refractivity contribution is -0.128. The topological polar surface area (TPSA) is 20.3 Å². The van der Waals surface area contributed by atoms with Crippen molar-refractivity contribution in [3.63, 3.8) is 0 Å². The highest BCUT2D eigenvalue weighted by atomic mass is 16.1. The summed E-state index contributed by atoms with van der Waals surface area (Å²) in [6, 6.07) is 0. The minimum atomic E-state index is 0.485. The molecule has 2 heteroatoms. The minimum Gasteiger partial charge on any atom is -0.306 e. The van der Waals surface area contributed by atoms with Crippen molar-refractivity contribution < 1.29 is 4.79 Å². The molecule has 0 bridgehead atoms. The Morgan fingerprint density at radius 2 is 1.75 bits per heavy atom. The second-order valence-corrected chi connectivity index (χ2v) is 4.35. The maximum Gasteiger partial charge on any atom is 0.133 e. The van der Waals surface area contributed by atoms with Crippen molar-refractivity contribution in [1.29, 1.82) is 0 Å². The molecule has 0 unspecified atom stereocenters. The second kappa shape index (κ2) is 3.17. The summed E-state index contributed by atoms with van der Waals surface area (Å²) in [5, 5.41) is 0. The number of Topliss-reactive ketones (excluding diaryl/α,β-unsaturated/α-hetero) is 1. The number of piperidine rings is 1. The molecule has 1 aliphatic heterocycles. The van der Waals surface area contributed by atoms with Crippen LogP contribution in [0.25, 0.3) is 0 Å². The zero-order valence-corrected chi connectivity index (χ0v) is 7.75. The fourth-order valence-electron chi connectivity index (χ4n) is 2.36. The molecule has 2 aliphatic rings. The zero-order valence-electron chi connectivity index (χ0n) is 7.75. The summed E-state index contributed by atoms with van der Waals surface area (Å²) in [5.74, 6) is 2.10. The van der Waals surface area contributed by atoms with Crippen molar-refractivity contribution in [2.75, 3.05) is 20.1 Å². The van der Waals surface area contributed by atoms with E-state index < -0.39 is 0 Å². The third kappa shape index (κ3) is 1.53. The molecular weight excluding hydrogens is 150 g/mol. The van der Waals surface area contributed by atoms with Gasteiger partial charge in [0.25, 0.3) is 0 Å². The highest BCUT2D eigenvalue weighted by molar-refractivity contribution is 5.84. The van der Waals surface area contributed by atoms with Crippen LogP contribution in [0.1, 0.15) is 25.7 Å². The molecule has 0 atom stereocenters. The van der Waals surface area contributed by atoms with Crippen molar-refractivity contribution in [3.05, 3.63) is 0 Å². The number of rotatable bonds is 1. The molecule has 1 heterocycles. The van der Waals surface area contributed by atoms with Crippen molar-refractivity contribution in [1.82, 2.24) is 4.90 Å². The number of carbonyl (C=O) groups excluding carboxylic acids is 1. The molecular formula is C10H17NO. The average Bonchev–Trinajstić information content (AvgIpc) is 2.01. The van der Waals surface area contributed by atoms with E-state index in [1.54, 1.807) is 0 Å². The first kappa shape index (κ1) is 8.24. The first-order chi connectivity index (χ1) is 5.75. The molecule has 0 radical (unpaired) electrons. The molecule has 0 aromatic rings. The van der Waals surface area contributed by atoms with E-state index in [9.17, 15) is 4.79 Å². The Bertz CT molecular complexity index is 174. The quantitative estimate of drug-likeness (QED) is 0.587. The third-order valence-corrected chi connectivity index (χ3v) is 3.41. The Morgan fingerprint density at radius 1 is 1.17 bits per heavy atom. The van der Waals surface area contributed by atoms with Crippen molar-refractivity contribution in [2.24, 2.45) is 11.8 Å². The van der Waals surface area contributed by atoms with Gasteiger partial charge in [0.05, 0.1) is 0 Å². The molecule has 2 rings (SSSR count). The molecule has 0 aromatic carbocycles. The Hall–Kier alpha value is -0.370. The lowest BCUT2D eigenvalue weighted by atomic mass is 9.71. The lowest BCUT2D eigenvalue weighted by Gasteiger charge is -2.37. The summed E-state index contributed by atoms with van der Waals surface area (Å²) < 4.78 is 0. The smallest absolute Gasteiger partial charge is 0.133 e. The second-order valence-electron chi connectivity index (χ2n) is 4.35. The summed E-state index contributed by atoms with van der Waals surface area (Å²) in [4.78, 5) is 13.2. The van der Waals surface area contributed by atoms with Crippen molar-refractivity contribution >= 4 is 5.78 Å². The maximum atomic E-state index is 10.8. The van der Waals surface area contributed by atoms with E-state index in [0.29, 0.717) is 5.78 Å². The fraction of sp³-hybridized carbons (Fsp3) is 0.900. The molecule has 2 nitrogen and oxygen atoms in total. The summed E-state index contributed by atoms with van der Waals surface area (Å²) in [6.07, 6.45) is 4.39. The highest BCUT2D eigenvalue weighted by Crippen LogP contribution is 2.36. The van der Waals surface area contributed by atoms with Gasteiger partial charge < -0.3 is 4.90 Å². The van der Waals surface area contributed by atoms with E-state index >= 15 is 0 Å². The van der Waals surface area contributed by atoms with Crippen molar-refractivity contribution in [2.45, 2.75) is 25.7 Å². The van der Waals surface area contributed by atoms with Gasteiger partial charge in [0.15, 0.2) is 0 Å². The number of hydrogen-bond donors (Lipinski definition) is 0. The van der Waals surface area contributed by atoms with E-state index in [1.165, 1.54) is 25.9 Å². The van der Waals surface area contributed by atoms with Crippen LogP contribution in [0.4, 0.5) is 0 Å². The van der Waals surface area contributed by atoms with Gasteiger partial charge >= 0.3 is 0 Å². The van der Waals surface area contributed by atoms with Crippen LogP contribution in [0, 0.1) is 11.8 Å². The summed E-state index contributed by atoms with van der Waals surface area (Å²) in [6.45, 7) is 2.46. The van der Waals surface area contributed by atoms with Gasteiger partial charge in [-0.05, 0) is 44.8 Å². The van der Waals surface area contributed by atoms with Crippen LogP contribution in [-0.2, 0) is 4.79 Å². The number of likely N-dealkylation sites (tertiary alicyclic amines) is 1. The fourth-order valence-corrected chi connectivity index (χ4v) is 2.36. The zero-order chi connectivity index (χ0) is 8.55. The molecule has 12 heavy (non-hydrogen) atoms. The molecule has 2 fully saturated rings. The van der Waals surface area contributed by atoms with Crippen molar-refractivity contribution in [3.8, 4) is 0 Å². The van der Waals surface area contributed by atoms with Gasteiger partial charge in [-0.25, -0.2) is 0 Å². The molecule has 0 N–H and O–H groups in total. The van der Waals surface area contributed by atoms with Crippen LogP contribution in [-0.4, -0.2) is 30.8 Å². The van der Waals surface area contributed by atoms with Gasteiger partial charge in [0, 0.05) is 12.8 Å². The van der Waals surface area contributed by atoms with Gasteiger partial charge in [-0.2, -0.15) is 0 Å². The maximum absolute atomic E-state index is 10.8. The Kier molecular flexibility index (Phi) is 2.18. The molecule has 1 aliphatic carbocycles. The molecule has 0 aromatic heterocycles. The van der Waals surface area contributed by atoms with Crippen LogP contribution in [0.3, 0.4) is 0 Å². The van der Waals surface area contributed by atoms with E-state index in [0.717, 1.165) is 24.7 Å². The van der Waals surface area contributed by atoms with Gasteiger partial charge in [0.1, 0.15) is 5.78 Å². The molecule has 1 saturated carbocycles. The largest absolute Gasteiger partial charge is 0.306 e. The first-order valence-corrected chi connectivity index (χ1v) is 4.96. The number of nitrogens with zero attached hydrogens (tertiary/aromatic N) is 1. The number of hydrogen-bond acceptors (Lipinski definition) is 2.